The first-order chi connectivity index (χ1) is 6.33. The Morgan fingerprint density at radius 3 is 3.08 bits per heavy atom. The highest BCUT2D eigenvalue weighted by Crippen LogP contribution is 2.16. The number of rotatable bonds is 6. The minimum atomic E-state index is 0.303. The van der Waals surface area contributed by atoms with Crippen molar-refractivity contribution in [2.45, 2.75) is 38.7 Å². The lowest BCUT2D eigenvalue weighted by Crippen LogP contribution is -2.23. The second-order valence-electron chi connectivity index (χ2n) is 3.49. The molecule has 0 spiro atoms. The number of hydrogen-bond acceptors (Lipinski definition) is 3. The highest BCUT2D eigenvalue weighted by Gasteiger charge is 2.16. The molecule has 0 aromatic carbocycles. The lowest BCUT2D eigenvalue weighted by molar-refractivity contribution is -0.118. The highest BCUT2D eigenvalue weighted by atomic mass is 16.5. The van der Waals surface area contributed by atoms with Crippen LogP contribution in [0.4, 0.5) is 0 Å². The van der Waals surface area contributed by atoms with Gasteiger partial charge in [0.25, 0.3) is 0 Å². The van der Waals surface area contributed by atoms with Crippen molar-refractivity contribution >= 4 is 5.78 Å². The van der Waals surface area contributed by atoms with Gasteiger partial charge in [-0.15, -0.1) is 0 Å². The Balaban J connectivity index is 2.00. The Bertz CT molecular complexity index is 153. The van der Waals surface area contributed by atoms with Crippen LogP contribution in [0, 0.1) is 0 Å². The minimum Gasteiger partial charge on any atom is -0.378 e. The number of likely N-dealkylation sites (N-methyl/N-ethyl adjacent to an activating group) is 1. The van der Waals surface area contributed by atoms with Gasteiger partial charge >= 0.3 is 0 Å². The molecular formula is C10H19NO2. The van der Waals surface area contributed by atoms with E-state index < -0.39 is 0 Å². The summed E-state index contributed by atoms with van der Waals surface area (Å²) in [5, 5.41) is 3.03. The summed E-state index contributed by atoms with van der Waals surface area (Å²) < 4.78 is 5.44. The van der Waals surface area contributed by atoms with E-state index in [4.69, 9.17) is 4.74 Å². The molecule has 0 aromatic heterocycles. The van der Waals surface area contributed by atoms with Crippen LogP contribution in [-0.2, 0) is 9.53 Å². The lowest BCUT2D eigenvalue weighted by atomic mass is 10.1. The zero-order valence-corrected chi connectivity index (χ0v) is 8.34. The van der Waals surface area contributed by atoms with Crippen LogP contribution >= 0.6 is 0 Å². The largest absolute Gasteiger partial charge is 0.378 e. The van der Waals surface area contributed by atoms with E-state index in [2.05, 4.69) is 5.32 Å². The minimum absolute atomic E-state index is 0.303. The van der Waals surface area contributed by atoms with Crippen molar-refractivity contribution in [1.82, 2.24) is 5.32 Å². The molecule has 13 heavy (non-hydrogen) atoms. The third-order valence-corrected chi connectivity index (χ3v) is 2.34. The predicted octanol–water partition coefficient (Wildman–Crippen LogP) is 1.12. The number of hydrogen-bond donors (Lipinski definition) is 1. The Morgan fingerprint density at radius 2 is 2.46 bits per heavy atom. The molecule has 1 fully saturated rings. The van der Waals surface area contributed by atoms with Gasteiger partial charge in [-0.1, -0.05) is 6.92 Å². The standard InChI is InChI=1S/C10H19NO2/c1-2-11-8-9(12)5-6-10-4-3-7-13-10/h10-11H,2-8H2,1H3. The maximum atomic E-state index is 11.2. The molecule has 0 aliphatic carbocycles. The number of ether oxygens (including phenoxy) is 1. The second-order valence-corrected chi connectivity index (χ2v) is 3.49. The molecule has 0 aromatic rings. The first-order valence-electron chi connectivity index (χ1n) is 5.17. The van der Waals surface area contributed by atoms with Crippen LogP contribution in [0.3, 0.4) is 0 Å². The zero-order chi connectivity index (χ0) is 9.52. The van der Waals surface area contributed by atoms with E-state index in [0.717, 1.165) is 32.4 Å². The highest BCUT2D eigenvalue weighted by molar-refractivity contribution is 5.80. The van der Waals surface area contributed by atoms with Gasteiger partial charge in [0.1, 0.15) is 5.78 Å². The molecule has 1 N–H and O–H groups in total. The molecule has 1 aliphatic rings. The van der Waals surface area contributed by atoms with Crippen LogP contribution in [0.5, 0.6) is 0 Å². The summed E-state index contributed by atoms with van der Waals surface area (Å²) in [5.41, 5.74) is 0. The summed E-state index contributed by atoms with van der Waals surface area (Å²) in [6.07, 6.45) is 4.22. The van der Waals surface area contributed by atoms with Crippen molar-refractivity contribution in [3.05, 3.63) is 0 Å². The quantitative estimate of drug-likeness (QED) is 0.674. The first kappa shape index (κ1) is 10.7. The van der Waals surface area contributed by atoms with E-state index in [0.29, 0.717) is 24.9 Å². The van der Waals surface area contributed by atoms with Gasteiger partial charge in [0.2, 0.25) is 0 Å². The zero-order valence-electron chi connectivity index (χ0n) is 8.34. The topological polar surface area (TPSA) is 38.3 Å². The van der Waals surface area contributed by atoms with E-state index in [9.17, 15) is 4.79 Å². The van der Waals surface area contributed by atoms with E-state index in [1.807, 2.05) is 6.92 Å². The fraction of sp³-hybridized carbons (Fsp3) is 0.900. The lowest BCUT2D eigenvalue weighted by Gasteiger charge is -2.07. The molecule has 3 heteroatoms. The Kier molecular flexibility index (Phi) is 5.01. The first-order valence-corrected chi connectivity index (χ1v) is 5.17. The molecule has 0 saturated carbocycles. The van der Waals surface area contributed by atoms with Crippen LogP contribution in [0.2, 0.25) is 0 Å². The van der Waals surface area contributed by atoms with Gasteiger partial charge in [-0.2, -0.15) is 0 Å². The van der Waals surface area contributed by atoms with Gasteiger partial charge in [-0.25, -0.2) is 0 Å². The van der Waals surface area contributed by atoms with Crippen LogP contribution in [0.15, 0.2) is 0 Å². The third-order valence-electron chi connectivity index (χ3n) is 2.34. The molecule has 1 saturated heterocycles. The molecule has 1 aliphatic heterocycles. The average Bonchev–Trinajstić information content (AvgIpc) is 2.64. The van der Waals surface area contributed by atoms with E-state index in [1.165, 1.54) is 0 Å². The Hall–Kier alpha value is -0.410. The number of nitrogens with one attached hydrogen (secondary N) is 1. The molecule has 1 rings (SSSR count). The molecule has 1 atom stereocenters. The molecular weight excluding hydrogens is 166 g/mol. The van der Waals surface area contributed by atoms with Crippen molar-refractivity contribution in [2.24, 2.45) is 0 Å². The van der Waals surface area contributed by atoms with Gasteiger partial charge < -0.3 is 10.1 Å². The van der Waals surface area contributed by atoms with Gasteiger partial charge in [0.15, 0.2) is 0 Å². The number of carbonyl (C=O) groups is 1. The number of carbonyl (C=O) groups excluding carboxylic acids is 1. The van der Waals surface area contributed by atoms with Crippen LogP contribution in [0.25, 0.3) is 0 Å². The number of Topliss-reactive ketones (excluding diaryl/α,β-unsaturated/α-hetero) is 1. The summed E-state index contributed by atoms with van der Waals surface area (Å²) in [7, 11) is 0. The smallest absolute Gasteiger partial charge is 0.146 e. The van der Waals surface area contributed by atoms with Crippen LogP contribution in [0.1, 0.15) is 32.6 Å². The maximum absolute atomic E-state index is 11.2. The fourth-order valence-electron chi connectivity index (χ4n) is 1.55. The normalized spacial score (nSPS) is 22.1. The maximum Gasteiger partial charge on any atom is 0.146 e. The summed E-state index contributed by atoms with van der Waals surface area (Å²) in [6.45, 7) is 4.27. The van der Waals surface area contributed by atoms with Gasteiger partial charge in [-0.3, -0.25) is 4.79 Å². The summed E-state index contributed by atoms with van der Waals surface area (Å²) in [6, 6.07) is 0. The molecule has 3 nitrogen and oxygen atoms in total. The van der Waals surface area contributed by atoms with Gasteiger partial charge in [0, 0.05) is 13.0 Å². The molecule has 1 heterocycles. The van der Waals surface area contributed by atoms with Crippen molar-refractivity contribution in [1.29, 1.82) is 0 Å². The Morgan fingerprint density at radius 1 is 1.62 bits per heavy atom. The average molecular weight is 185 g/mol. The summed E-state index contributed by atoms with van der Waals surface area (Å²) in [4.78, 5) is 11.2. The van der Waals surface area contributed by atoms with Gasteiger partial charge in [-0.05, 0) is 25.8 Å². The van der Waals surface area contributed by atoms with Crippen molar-refractivity contribution < 1.29 is 9.53 Å². The Labute approximate surface area is 79.8 Å². The second kappa shape index (κ2) is 6.11. The molecule has 0 radical (unpaired) electrons. The van der Waals surface area contributed by atoms with E-state index in [1.54, 1.807) is 0 Å². The number of ketones is 1. The molecule has 0 amide bonds. The predicted molar refractivity (Wildman–Crippen MR) is 51.8 cm³/mol. The van der Waals surface area contributed by atoms with Crippen molar-refractivity contribution in [2.75, 3.05) is 19.7 Å². The fourth-order valence-corrected chi connectivity index (χ4v) is 1.55. The SMILES string of the molecule is CCNCC(=O)CCC1CCCO1. The third kappa shape index (κ3) is 4.39. The van der Waals surface area contributed by atoms with E-state index >= 15 is 0 Å². The van der Waals surface area contributed by atoms with E-state index in [-0.39, 0.29) is 0 Å². The van der Waals surface area contributed by atoms with Crippen molar-refractivity contribution in [3.8, 4) is 0 Å². The van der Waals surface area contributed by atoms with Crippen LogP contribution < -0.4 is 5.32 Å². The summed E-state index contributed by atoms with van der Waals surface area (Å²) in [5.74, 6) is 0.303. The van der Waals surface area contributed by atoms with Crippen molar-refractivity contribution in [3.63, 3.8) is 0 Å². The van der Waals surface area contributed by atoms with Crippen LogP contribution in [-0.4, -0.2) is 31.6 Å². The monoisotopic (exact) mass is 185 g/mol. The molecule has 76 valence electrons. The van der Waals surface area contributed by atoms with Gasteiger partial charge in [0.05, 0.1) is 12.6 Å². The molecule has 1 unspecified atom stereocenters. The molecule has 0 bridgehead atoms. The summed E-state index contributed by atoms with van der Waals surface area (Å²) >= 11 is 0.